The first-order valence-corrected chi connectivity index (χ1v) is 4.78. The number of nitrogens with zero attached hydrogens (tertiary/aromatic N) is 2. The topological polar surface area (TPSA) is 51.8 Å². The molecule has 3 nitrogen and oxygen atoms in total. The van der Waals surface area contributed by atoms with Crippen LogP contribution in [0, 0.1) is 6.92 Å². The minimum atomic E-state index is 0.322. The van der Waals surface area contributed by atoms with Gasteiger partial charge in [-0.25, -0.2) is 9.97 Å². The predicted molar refractivity (Wildman–Crippen MR) is 54.5 cm³/mol. The smallest absolute Gasteiger partial charge is 0.220 e. The monoisotopic (exact) mass is 191 g/mol. The molecule has 2 heterocycles. The molecule has 0 bridgehead atoms. The lowest BCUT2D eigenvalue weighted by Crippen LogP contribution is -1.94. The van der Waals surface area contributed by atoms with Crippen molar-refractivity contribution in [3.8, 4) is 11.3 Å². The Morgan fingerprint density at radius 1 is 1.38 bits per heavy atom. The van der Waals surface area contributed by atoms with Gasteiger partial charge in [-0.15, -0.1) is 11.3 Å². The van der Waals surface area contributed by atoms with Crippen LogP contribution in [0.4, 0.5) is 5.95 Å². The molecule has 0 spiro atoms. The normalized spacial score (nSPS) is 10.2. The minimum absolute atomic E-state index is 0.322. The Hall–Kier alpha value is -1.42. The third-order valence-electron chi connectivity index (χ3n) is 1.81. The second-order valence-electron chi connectivity index (χ2n) is 2.69. The van der Waals surface area contributed by atoms with Gasteiger partial charge in [0.05, 0.1) is 5.69 Å². The van der Waals surface area contributed by atoms with Gasteiger partial charge in [-0.3, -0.25) is 0 Å². The first-order chi connectivity index (χ1) is 6.27. The number of thiophene rings is 1. The molecule has 0 atom stereocenters. The number of aryl methyl sites for hydroxylation is 1. The van der Waals surface area contributed by atoms with Gasteiger partial charge >= 0.3 is 0 Å². The van der Waals surface area contributed by atoms with E-state index in [0.717, 1.165) is 11.3 Å². The lowest BCUT2D eigenvalue weighted by Gasteiger charge is -1.98. The summed E-state index contributed by atoms with van der Waals surface area (Å²) >= 11 is 1.70. The van der Waals surface area contributed by atoms with Crippen LogP contribution in [0.1, 0.15) is 4.88 Å². The molecule has 0 unspecified atom stereocenters. The van der Waals surface area contributed by atoms with Crippen LogP contribution in [0.15, 0.2) is 23.7 Å². The molecule has 0 radical (unpaired) electrons. The number of nitrogens with two attached hydrogens (primary N) is 1. The first-order valence-electron chi connectivity index (χ1n) is 3.90. The van der Waals surface area contributed by atoms with Crippen LogP contribution in [0.2, 0.25) is 0 Å². The van der Waals surface area contributed by atoms with Crippen molar-refractivity contribution in [2.24, 2.45) is 0 Å². The molecule has 0 aliphatic rings. The summed E-state index contributed by atoms with van der Waals surface area (Å²) in [4.78, 5) is 9.25. The van der Waals surface area contributed by atoms with Gasteiger partial charge in [-0.05, 0) is 24.4 Å². The maximum atomic E-state index is 5.50. The molecule has 2 rings (SSSR count). The van der Waals surface area contributed by atoms with Crippen LogP contribution in [0.5, 0.6) is 0 Å². The molecule has 0 aliphatic heterocycles. The zero-order valence-corrected chi connectivity index (χ0v) is 8.01. The number of hydrogen-bond donors (Lipinski definition) is 1. The molecule has 0 saturated heterocycles. The van der Waals surface area contributed by atoms with E-state index in [2.05, 4.69) is 16.9 Å². The third kappa shape index (κ3) is 1.53. The van der Waals surface area contributed by atoms with E-state index in [0.29, 0.717) is 5.95 Å². The fourth-order valence-corrected chi connectivity index (χ4v) is 1.88. The van der Waals surface area contributed by atoms with Gasteiger partial charge in [0.15, 0.2) is 0 Å². The summed E-state index contributed by atoms with van der Waals surface area (Å²) in [5, 5.41) is 2.04. The summed E-state index contributed by atoms with van der Waals surface area (Å²) in [5.74, 6) is 0.322. The molecule has 0 fully saturated rings. The molecule has 4 heteroatoms. The molecule has 13 heavy (non-hydrogen) atoms. The summed E-state index contributed by atoms with van der Waals surface area (Å²) in [6.07, 6.45) is 1.68. The van der Waals surface area contributed by atoms with Gasteiger partial charge in [0.25, 0.3) is 0 Å². The van der Waals surface area contributed by atoms with Crippen molar-refractivity contribution in [1.82, 2.24) is 9.97 Å². The molecule has 0 aliphatic carbocycles. The maximum Gasteiger partial charge on any atom is 0.220 e. The van der Waals surface area contributed by atoms with Gasteiger partial charge in [-0.2, -0.15) is 0 Å². The van der Waals surface area contributed by atoms with Gasteiger partial charge < -0.3 is 5.73 Å². The van der Waals surface area contributed by atoms with E-state index in [1.165, 1.54) is 4.88 Å². The van der Waals surface area contributed by atoms with Crippen LogP contribution >= 0.6 is 11.3 Å². The standard InChI is InChI=1S/C9H9N3S/c1-6-7(3-5-13-6)8-2-4-11-9(10)12-8/h2-5H,1H3,(H2,10,11,12). The van der Waals surface area contributed by atoms with Gasteiger partial charge in [-0.1, -0.05) is 0 Å². The van der Waals surface area contributed by atoms with Crippen molar-refractivity contribution in [2.45, 2.75) is 6.92 Å². The number of hydrogen-bond acceptors (Lipinski definition) is 4. The summed E-state index contributed by atoms with van der Waals surface area (Å²) in [5.41, 5.74) is 7.53. The van der Waals surface area contributed by atoms with Crippen LogP contribution in [0.3, 0.4) is 0 Å². The van der Waals surface area contributed by atoms with Crippen LogP contribution in [-0.2, 0) is 0 Å². The Labute approximate surface area is 80.3 Å². The van der Waals surface area contributed by atoms with E-state index in [-0.39, 0.29) is 0 Å². The molecule has 2 N–H and O–H groups in total. The largest absolute Gasteiger partial charge is 0.368 e. The number of rotatable bonds is 1. The van der Waals surface area contributed by atoms with Crippen molar-refractivity contribution in [1.29, 1.82) is 0 Å². The Kier molecular flexibility index (Phi) is 1.98. The highest BCUT2D eigenvalue weighted by molar-refractivity contribution is 7.10. The zero-order chi connectivity index (χ0) is 9.26. The van der Waals surface area contributed by atoms with Crippen molar-refractivity contribution >= 4 is 17.3 Å². The molecule has 0 aromatic carbocycles. The molecule has 66 valence electrons. The van der Waals surface area contributed by atoms with E-state index >= 15 is 0 Å². The Balaban J connectivity index is 2.53. The SMILES string of the molecule is Cc1sccc1-c1ccnc(N)n1. The Morgan fingerprint density at radius 3 is 2.85 bits per heavy atom. The van der Waals surface area contributed by atoms with E-state index in [9.17, 15) is 0 Å². The van der Waals surface area contributed by atoms with Crippen LogP contribution < -0.4 is 5.73 Å². The quantitative estimate of drug-likeness (QED) is 0.751. The Morgan fingerprint density at radius 2 is 2.23 bits per heavy atom. The summed E-state index contributed by atoms with van der Waals surface area (Å²) in [6, 6.07) is 3.91. The van der Waals surface area contributed by atoms with Crippen molar-refractivity contribution < 1.29 is 0 Å². The number of aromatic nitrogens is 2. The molecule has 0 saturated carbocycles. The summed E-state index contributed by atoms with van der Waals surface area (Å²) < 4.78 is 0. The molecule has 2 aromatic heterocycles. The highest BCUT2D eigenvalue weighted by atomic mass is 32.1. The molecule has 0 amide bonds. The van der Waals surface area contributed by atoms with Gasteiger partial charge in [0.1, 0.15) is 0 Å². The third-order valence-corrected chi connectivity index (χ3v) is 2.65. The lowest BCUT2D eigenvalue weighted by atomic mass is 10.2. The molecule has 2 aromatic rings. The van der Waals surface area contributed by atoms with E-state index in [1.807, 2.05) is 17.5 Å². The second kappa shape index (κ2) is 3.14. The summed E-state index contributed by atoms with van der Waals surface area (Å²) in [6.45, 7) is 2.07. The fourth-order valence-electron chi connectivity index (χ4n) is 1.17. The van der Waals surface area contributed by atoms with Crippen LogP contribution in [0.25, 0.3) is 11.3 Å². The lowest BCUT2D eigenvalue weighted by molar-refractivity contribution is 1.19. The van der Waals surface area contributed by atoms with Crippen molar-refractivity contribution in [3.63, 3.8) is 0 Å². The van der Waals surface area contributed by atoms with Crippen LogP contribution in [-0.4, -0.2) is 9.97 Å². The highest BCUT2D eigenvalue weighted by Gasteiger charge is 2.04. The van der Waals surface area contributed by atoms with E-state index in [1.54, 1.807) is 17.5 Å². The average molecular weight is 191 g/mol. The first kappa shape index (κ1) is 8.19. The highest BCUT2D eigenvalue weighted by Crippen LogP contribution is 2.25. The predicted octanol–water partition coefficient (Wildman–Crippen LogP) is 2.10. The average Bonchev–Trinajstić information content (AvgIpc) is 2.51. The zero-order valence-electron chi connectivity index (χ0n) is 7.19. The maximum absolute atomic E-state index is 5.50. The van der Waals surface area contributed by atoms with Crippen molar-refractivity contribution in [3.05, 3.63) is 28.6 Å². The van der Waals surface area contributed by atoms with Gasteiger partial charge in [0, 0.05) is 16.6 Å². The minimum Gasteiger partial charge on any atom is -0.368 e. The van der Waals surface area contributed by atoms with E-state index < -0.39 is 0 Å². The fraction of sp³-hybridized carbons (Fsp3) is 0.111. The molecular weight excluding hydrogens is 182 g/mol. The van der Waals surface area contributed by atoms with Crippen molar-refractivity contribution in [2.75, 3.05) is 5.73 Å². The number of nitrogen functional groups attached to an aromatic ring is 1. The second-order valence-corrected chi connectivity index (χ2v) is 3.81. The van der Waals surface area contributed by atoms with Gasteiger partial charge in [0.2, 0.25) is 5.95 Å². The Bertz CT molecular complexity index is 422. The van der Waals surface area contributed by atoms with E-state index in [4.69, 9.17) is 5.73 Å². The number of anilines is 1. The summed E-state index contributed by atoms with van der Waals surface area (Å²) in [7, 11) is 0. The molecular formula is C9H9N3S.